The Morgan fingerprint density at radius 3 is 2.56 bits per heavy atom. The van der Waals surface area contributed by atoms with Crippen LogP contribution in [0, 0.1) is 29.4 Å². The standard InChI is InChI=1S/C28H32F2N2/c1-5-7-22-10-12-23(13-11-22)14-15-24(19-31-3)9-6-8-21(2)27(20-32-4)26-17-16-25(29)18-28(26)30/h6,9-13,16-19,21,27,32H,3,5,7-8,20H2,1-2,4H3/b9-6-,24-19+. The van der Waals surface area contributed by atoms with Gasteiger partial charge in [-0.2, -0.15) is 0 Å². The van der Waals surface area contributed by atoms with Crippen LogP contribution in [-0.4, -0.2) is 20.3 Å². The third-order valence-electron chi connectivity index (χ3n) is 5.35. The fourth-order valence-corrected chi connectivity index (χ4v) is 3.62. The summed E-state index contributed by atoms with van der Waals surface area (Å²) in [7, 11) is 1.83. The monoisotopic (exact) mass is 434 g/mol. The molecule has 2 unspecified atom stereocenters. The highest BCUT2D eigenvalue weighted by molar-refractivity contribution is 5.46. The Hall–Kier alpha value is -3.03. The number of nitrogens with zero attached hydrogens (tertiary/aromatic N) is 1. The van der Waals surface area contributed by atoms with Crippen molar-refractivity contribution in [3.05, 3.63) is 94.7 Å². The van der Waals surface area contributed by atoms with E-state index in [1.807, 2.05) is 31.3 Å². The predicted molar refractivity (Wildman–Crippen MR) is 131 cm³/mol. The average Bonchev–Trinajstić information content (AvgIpc) is 2.77. The number of hydrogen-bond acceptors (Lipinski definition) is 2. The highest BCUT2D eigenvalue weighted by Gasteiger charge is 2.21. The third kappa shape index (κ3) is 7.90. The van der Waals surface area contributed by atoms with Gasteiger partial charge in [-0.15, -0.1) is 0 Å². The summed E-state index contributed by atoms with van der Waals surface area (Å²) in [6, 6.07) is 12.1. The van der Waals surface area contributed by atoms with E-state index in [2.05, 4.69) is 54.8 Å². The Kier molecular flexibility index (Phi) is 10.6. The Morgan fingerprint density at radius 1 is 1.19 bits per heavy atom. The summed E-state index contributed by atoms with van der Waals surface area (Å²) in [6.45, 7) is 8.36. The normalized spacial score (nSPS) is 13.5. The van der Waals surface area contributed by atoms with Gasteiger partial charge in [-0.25, -0.2) is 8.78 Å². The van der Waals surface area contributed by atoms with E-state index in [9.17, 15) is 8.78 Å². The summed E-state index contributed by atoms with van der Waals surface area (Å²) in [6.07, 6.45) is 8.47. The zero-order valence-corrected chi connectivity index (χ0v) is 19.2. The molecule has 0 aliphatic heterocycles. The minimum atomic E-state index is -0.563. The van der Waals surface area contributed by atoms with Gasteiger partial charge < -0.3 is 5.32 Å². The molecule has 0 radical (unpaired) electrons. The van der Waals surface area contributed by atoms with Crippen molar-refractivity contribution >= 4 is 6.72 Å². The molecule has 0 bridgehead atoms. The van der Waals surface area contributed by atoms with Crippen LogP contribution in [0.4, 0.5) is 8.78 Å². The maximum atomic E-state index is 14.3. The zero-order valence-electron chi connectivity index (χ0n) is 19.2. The van der Waals surface area contributed by atoms with Crippen molar-refractivity contribution in [2.75, 3.05) is 13.6 Å². The van der Waals surface area contributed by atoms with E-state index in [0.717, 1.165) is 30.0 Å². The van der Waals surface area contributed by atoms with Crippen molar-refractivity contribution in [3.63, 3.8) is 0 Å². The molecule has 0 spiro atoms. The molecule has 0 aliphatic rings. The number of benzene rings is 2. The molecule has 0 heterocycles. The van der Waals surface area contributed by atoms with Crippen molar-refractivity contribution in [1.82, 2.24) is 5.32 Å². The lowest BCUT2D eigenvalue weighted by Crippen LogP contribution is -2.23. The molecule has 2 nitrogen and oxygen atoms in total. The van der Waals surface area contributed by atoms with Crippen LogP contribution in [0.15, 0.2) is 71.4 Å². The molecule has 2 aromatic rings. The molecule has 1 N–H and O–H groups in total. The highest BCUT2D eigenvalue weighted by Crippen LogP contribution is 2.29. The Labute approximate surface area is 191 Å². The zero-order chi connectivity index (χ0) is 23.3. The van der Waals surface area contributed by atoms with Crippen molar-refractivity contribution in [2.24, 2.45) is 10.9 Å². The number of likely N-dealkylation sites (N-methyl/N-ethyl adjacent to an activating group) is 1. The second kappa shape index (κ2) is 13.4. The molecular weight excluding hydrogens is 402 g/mol. The van der Waals surface area contributed by atoms with Crippen LogP contribution in [-0.2, 0) is 6.42 Å². The van der Waals surface area contributed by atoms with E-state index in [1.165, 1.54) is 17.7 Å². The third-order valence-corrected chi connectivity index (χ3v) is 5.35. The van der Waals surface area contributed by atoms with E-state index < -0.39 is 11.6 Å². The van der Waals surface area contributed by atoms with Crippen LogP contribution in [0.3, 0.4) is 0 Å². The van der Waals surface area contributed by atoms with Crippen molar-refractivity contribution < 1.29 is 8.78 Å². The molecule has 0 amide bonds. The number of allylic oxidation sites excluding steroid dienone is 3. The van der Waals surface area contributed by atoms with Gasteiger partial charge in [0.1, 0.15) is 11.6 Å². The largest absolute Gasteiger partial charge is 0.319 e. The summed E-state index contributed by atoms with van der Waals surface area (Å²) < 4.78 is 27.6. The van der Waals surface area contributed by atoms with Crippen LogP contribution in [0.2, 0.25) is 0 Å². The van der Waals surface area contributed by atoms with Gasteiger partial charge in [0.25, 0.3) is 0 Å². The Balaban J connectivity index is 2.09. The maximum absolute atomic E-state index is 14.3. The van der Waals surface area contributed by atoms with Gasteiger partial charge in [0.2, 0.25) is 0 Å². The van der Waals surface area contributed by atoms with Crippen LogP contribution in [0.1, 0.15) is 49.3 Å². The lowest BCUT2D eigenvalue weighted by molar-refractivity contribution is 0.429. The summed E-state index contributed by atoms with van der Waals surface area (Å²) >= 11 is 0. The van der Waals surface area contributed by atoms with Crippen molar-refractivity contribution in [2.45, 2.75) is 39.0 Å². The van der Waals surface area contributed by atoms with Crippen LogP contribution < -0.4 is 5.32 Å². The number of aliphatic imine (C=N–C) groups is 1. The van der Waals surface area contributed by atoms with Gasteiger partial charge in [-0.05, 0) is 67.9 Å². The maximum Gasteiger partial charge on any atom is 0.129 e. The van der Waals surface area contributed by atoms with Crippen molar-refractivity contribution in [3.8, 4) is 11.8 Å². The van der Waals surface area contributed by atoms with Crippen LogP contribution in [0.25, 0.3) is 0 Å². The fraction of sp³-hybridized carbons (Fsp3) is 0.321. The van der Waals surface area contributed by atoms with Gasteiger partial charge >= 0.3 is 0 Å². The van der Waals surface area contributed by atoms with E-state index in [0.29, 0.717) is 18.5 Å². The molecule has 4 heteroatoms. The Bertz CT molecular complexity index is 994. The van der Waals surface area contributed by atoms with Gasteiger partial charge in [0.15, 0.2) is 0 Å². The van der Waals surface area contributed by atoms with Crippen LogP contribution >= 0.6 is 0 Å². The minimum absolute atomic E-state index is 0.0806. The van der Waals surface area contributed by atoms with Crippen molar-refractivity contribution in [1.29, 1.82) is 0 Å². The molecule has 2 atom stereocenters. The van der Waals surface area contributed by atoms with Gasteiger partial charge in [-0.1, -0.05) is 56.4 Å². The lowest BCUT2D eigenvalue weighted by atomic mass is 9.84. The smallest absolute Gasteiger partial charge is 0.129 e. The summed E-state index contributed by atoms with van der Waals surface area (Å²) in [5.41, 5.74) is 3.53. The van der Waals surface area contributed by atoms with Crippen LogP contribution in [0.5, 0.6) is 0 Å². The van der Waals surface area contributed by atoms with E-state index in [1.54, 1.807) is 6.20 Å². The first-order valence-electron chi connectivity index (χ1n) is 11.0. The molecular formula is C28H32F2N2. The second-order valence-corrected chi connectivity index (χ2v) is 7.91. The molecule has 0 fully saturated rings. The first-order chi connectivity index (χ1) is 15.5. The lowest BCUT2D eigenvalue weighted by Gasteiger charge is -2.24. The second-order valence-electron chi connectivity index (χ2n) is 7.91. The summed E-state index contributed by atoms with van der Waals surface area (Å²) in [5.74, 6) is 5.29. The Morgan fingerprint density at radius 2 is 1.94 bits per heavy atom. The SMILES string of the molecule is C=N/C=C(C#Cc1ccc(CCC)cc1)\C=C/CC(C)C(CNC)c1ccc(F)cc1F. The van der Waals surface area contributed by atoms with Gasteiger partial charge in [0.05, 0.1) is 0 Å². The number of nitrogens with one attached hydrogen (secondary N) is 1. The van der Waals surface area contributed by atoms with E-state index in [-0.39, 0.29) is 11.8 Å². The summed E-state index contributed by atoms with van der Waals surface area (Å²) in [4.78, 5) is 3.86. The number of hydrogen-bond donors (Lipinski definition) is 1. The van der Waals surface area contributed by atoms with E-state index >= 15 is 0 Å². The van der Waals surface area contributed by atoms with E-state index in [4.69, 9.17) is 0 Å². The number of aryl methyl sites for hydroxylation is 1. The molecule has 2 aromatic carbocycles. The molecule has 168 valence electrons. The average molecular weight is 435 g/mol. The first kappa shape index (κ1) is 25.2. The summed E-state index contributed by atoms with van der Waals surface area (Å²) in [5, 5.41) is 3.12. The topological polar surface area (TPSA) is 24.4 Å². The first-order valence-corrected chi connectivity index (χ1v) is 11.0. The molecule has 0 aliphatic carbocycles. The fourth-order valence-electron chi connectivity index (χ4n) is 3.62. The number of rotatable bonds is 10. The number of halogens is 2. The molecule has 0 saturated heterocycles. The molecule has 0 saturated carbocycles. The minimum Gasteiger partial charge on any atom is -0.319 e. The molecule has 0 aromatic heterocycles. The quantitative estimate of drug-likeness (QED) is 0.260. The van der Waals surface area contributed by atoms with Gasteiger partial charge in [0, 0.05) is 35.9 Å². The highest BCUT2D eigenvalue weighted by atomic mass is 19.1. The predicted octanol–water partition coefficient (Wildman–Crippen LogP) is 6.44. The molecule has 2 rings (SSSR count). The molecule has 32 heavy (non-hydrogen) atoms. The van der Waals surface area contributed by atoms with Gasteiger partial charge in [-0.3, -0.25) is 4.99 Å².